The normalized spacial score (nSPS) is 9.91. The molecule has 7 nitrogen and oxygen atoms in total. The molecule has 0 fully saturated rings. The Kier molecular flexibility index (Phi) is 5.02. The summed E-state index contributed by atoms with van der Waals surface area (Å²) < 4.78 is 10.5. The van der Waals surface area contributed by atoms with Crippen LogP contribution >= 0.6 is 0 Å². The number of carbonyl (C=O) groups excluding carboxylic acids is 2. The highest BCUT2D eigenvalue weighted by Crippen LogP contribution is 2.21. The van der Waals surface area contributed by atoms with Crippen LogP contribution in [0.15, 0.2) is 36.7 Å². The maximum Gasteiger partial charge on any atom is 0.302 e. The van der Waals surface area contributed by atoms with Crippen LogP contribution in [0.2, 0.25) is 0 Å². The fraction of sp³-hybridized carbons (Fsp3) is 0.200. The fourth-order valence-corrected chi connectivity index (χ4v) is 1.60. The molecular weight excluding hydrogens is 286 g/mol. The minimum Gasteiger partial charge on any atom is -0.461 e. The third-order valence-corrected chi connectivity index (χ3v) is 2.53. The van der Waals surface area contributed by atoms with E-state index in [0.717, 1.165) is 5.56 Å². The van der Waals surface area contributed by atoms with Crippen molar-refractivity contribution in [2.75, 3.05) is 5.32 Å². The lowest BCUT2D eigenvalue weighted by Gasteiger charge is -2.07. The van der Waals surface area contributed by atoms with Crippen molar-refractivity contribution in [3.8, 4) is 11.6 Å². The molecule has 114 valence electrons. The van der Waals surface area contributed by atoms with Gasteiger partial charge >= 0.3 is 5.97 Å². The monoisotopic (exact) mass is 301 g/mol. The molecule has 0 aliphatic rings. The molecule has 1 amide bonds. The summed E-state index contributed by atoms with van der Waals surface area (Å²) >= 11 is 0. The van der Waals surface area contributed by atoms with Gasteiger partial charge in [0.05, 0.1) is 0 Å². The van der Waals surface area contributed by atoms with Gasteiger partial charge in [-0.15, -0.1) is 0 Å². The molecule has 1 heterocycles. The summed E-state index contributed by atoms with van der Waals surface area (Å²) in [5, 5.41) is 2.55. The second-order valence-corrected chi connectivity index (χ2v) is 4.45. The van der Waals surface area contributed by atoms with E-state index in [4.69, 9.17) is 9.47 Å². The van der Waals surface area contributed by atoms with Crippen LogP contribution in [-0.2, 0) is 20.9 Å². The summed E-state index contributed by atoms with van der Waals surface area (Å²) in [7, 11) is 0. The Bertz CT molecular complexity index is 671. The van der Waals surface area contributed by atoms with Gasteiger partial charge in [0, 0.05) is 19.9 Å². The van der Waals surface area contributed by atoms with Crippen LogP contribution in [-0.4, -0.2) is 21.8 Å². The highest BCUT2D eigenvalue weighted by Gasteiger charge is 2.04. The van der Waals surface area contributed by atoms with Gasteiger partial charge in [-0.1, -0.05) is 12.1 Å². The summed E-state index contributed by atoms with van der Waals surface area (Å²) in [6.07, 6.45) is 1.30. The summed E-state index contributed by atoms with van der Waals surface area (Å²) in [5.41, 5.74) is 0.851. The summed E-state index contributed by atoms with van der Waals surface area (Å²) in [6, 6.07) is 8.56. The molecule has 2 aromatic rings. The number of anilines is 1. The molecule has 0 atom stereocenters. The fourth-order valence-electron chi connectivity index (χ4n) is 1.60. The third-order valence-electron chi connectivity index (χ3n) is 2.53. The van der Waals surface area contributed by atoms with Gasteiger partial charge in [0.25, 0.3) is 0 Å². The van der Waals surface area contributed by atoms with Crippen LogP contribution in [0.4, 0.5) is 5.82 Å². The number of rotatable bonds is 5. The van der Waals surface area contributed by atoms with Crippen molar-refractivity contribution < 1.29 is 19.1 Å². The number of amides is 1. The van der Waals surface area contributed by atoms with Crippen LogP contribution in [0.1, 0.15) is 19.4 Å². The van der Waals surface area contributed by atoms with Gasteiger partial charge in [0.2, 0.25) is 11.8 Å². The minimum atomic E-state index is -0.327. The van der Waals surface area contributed by atoms with Crippen LogP contribution < -0.4 is 10.1 Å². The number of esters is 1. The van der Waals surface area contributed by atoms with Crippen molar-refractivity contribution in [2.24, 2.45) is 0 Å². The zero-order chi connectivity index (χ0) is 15.9. The van der Waals surface area contributed by atoms with Gasteiger partial charge in [-0.2, -0.15) is 0 Å². The standard InChI is InChI=1S/C15H15N3O4/c1-10(19)18-14-7-15(17-9-16-14)22-13-5-3-12(4-6-13)8-21-11(2)20/h3-7,9H,8H2,1-2H3,(H,16,17,18,19). The highest BCUT2D eigenvalue weighted by atomic mass is 16.5. The molecule has 7 heteroatoms. The highest BCUT2D eigenvalue weighted by molar-refractivity contribution is 5.87. The molecule has 0 bridgehead atoms. The first-order valence-corrected chi connectivity index (χ1v) is 6.53. The summed E-state index contributed by atoms with van der Waals surface area (Å²) in [5.74, 6) is 0.695. The molecule has 1 aromatic heterocycles. The van der Waals surface area contributed by atoms with Gasteiger partial charge in [-0.05, 0) is 17.7 Å². The molecule has 0 saturated heterocycles. The van der Waals surface area contributed by atoms with E-state index in [9.17, 15) is 9.59 Å². The molecule has 0 aliphatic heterocycles. The van der Waals surface area contributed by atoms with E-state index in [0.29, 0.717) is 17.4 Å². The molecular formula is C15H15N3O4. The number of hydrogen-bond donors (Lipinski definition) is 1. The largest absolute Gasteiger partial charge is 0.461 e. The molecule has 22 heavy (non-hydrogen) atoms. The summed E-state index contributed by atoms with van der Waals surface area (Å²) in [4.78, 5) is 29.6. The molecule has 0 radical (unpaired) electrons. The lowest BCUT2D eigenvalue weighted by atomic mass is 10.2. The van der Waals surface area contributed by atoms with E-state index < -0.39 is 0 Å². The number of carbonyl (C=O) groups is 2. The number of aromatic nitrogens is 2. The van der Waals surface area contributed by atoms with Crippen LogP contribution in [0, 0.1) is 0 Å². The molecule has 1 aromatic carbocycles. The van der Waals surface area contributed by atoms with Gasteiger partial charge < -0.3 is 14.8 Å². The first-order valence-electron chi connectivity index (χ1n) is 6.53. The lowest BCUT2D eigenvalue weighted by molar-refractivity contribution is -0.142. The second kappa shape index (κ2) is 7.16. The van der Waals surface area contributed by atoms with E-state index >= 15 is 0 Å². The average Bonchev–Trinajstić information content (AvgIpc) is 2.46. The summed E-state index contributed by atoms with van der Waals surface area (Å²) in [6.45, 7) is 2.97. The van der Waals surface area contributed by atoms with Gasteiger partial charge in [-0.3, -0.25) is 9.59 Å². The number of nitrogens with one attached hydrogen (secondary N) is 1. The Labute approximate surface area is 127 Å². The Morgan fingerprint density at radius 2 is 1.86 bits per heavy atom. The van der Waals surface area contributed by atoms with Gasteiger partial charge in [0.1, 0.15) is 24.5 Å². The quantitative estimate of drug-likeness (QED) is 0.852. The molecule has 0 saturated carbocycles. The predicted molar refractivity (Wildman–Crippen MR) is 78.3 cm³/mol. The molecule has 0 unspecified atom stereocenters. The van der Waals surface area contributed by atoms with Crippen molar-refractivity contribution in [1.82, 2.24) is 9.97 Å². The second-order valence-electron chi connectivity index (χ2n) is 4.45. The zero-order valence-corrected chi connectivity index (χ0v) is 12.2. The Morgan fingerprint density at radius 1 is 1.14 bits per heavy atom. The van der Waals surface area contributed by atoms with Crippen molar-refractivity contribution in [1.29, 1.82) is 0 Å². The van der Waals surface area contributed by atoms with Gasteiger partial charge in [-0.25, -0.2) is 9.97 Å². The number of nitrogens with zero attached hydrogens (tertiary/aromatic N) is 2. The molecule has 2 rings (SSSR count). The van der Waals surface area contributed by atoms with E-state index in [1.54, 1.807) is 24.3 Å². The SMILES string of the molecule is CC(=O)Nc1cc(Oc2ccc(COC(C)=O)cc2)ncn1. The molecule has 0 aliphatic carbocycles. The average molecular weight is 301 g/mol. The third kappa shape index (κ3) is 4.86. The van der Waals surface area contributed by atoms with Crippen LogP contribution in [0.25, 0.3) is 0 Å². The first kappa shape index (κ1) is 15.4. The zero-order valence-electron chi connectivity index (χ0n) is 12.2. The minimum absolute atomic E-state index is 0.218. The molecule has 0 spiro atoms. The van der Waals surface area contributed by atoms with E-state index in [1.165, 1.54) is 26.2 Å². The number of ether oxygens (including phenoxy) is 2. The van der Waals surface area contributed by atoms with Crippen molar-refractivity contribution in [3.63, 3.8) is 0 Å². The number of hydrogen-bond acceptors (Lipinski definition) is 6. The lowest BCUT2D eigenvalue weighted by Crippen LogP contribution is -2.07. The topological polar surface area (TPSA) is 90.4 Å². The number of benzene rings is 1. The van der Waals surface area contributed by atoms with Crippen molar-refractivity contribution in [3.05, 3.63) is 42.2 Å². The van der Waals surface area contributed by atoms with Crippen molar-refractivity contribution >= 4 is 17.7 Å². The Balaban J connectivity index is 2.01. The Morgan fingerprint density at radius 3 is 2.50 bits per heavy atom. The maximum absolute atomic E-state index is 11.0. The smallest absolute Gasteiger partial charge is 0.302 e. The van der Waals surface area contributed by atoms with Crippen LogP contribution in [0.3, 0.4) is 0 Å². The predicted octanol–water partition coefficient (Wildman–Crippen LogP) is 2.29. The van der Waals surface area contributed by atoms with Crippen LogP contribution in [0.5, 0.6) is 11.6 Å². The maximum atomic E-state index is 11.0. The van der Waals surface area contributed by atoms with E-state index in [-0.39, 0.29) is 18.5 Å². The van der Waals surface area contributed by atoms with Gasteiger partial charge in [0.15, 0.2) is 0 Å². The first-order chi connectivity index (χ1) is 10.5. The van der Waals surface area contributed by atoms with E-state index in [2.05, 4.69) is 15.3 Å². The van der Waals surface area contributed by atoms with Crippen molar-refractivity contribution in [2.45, 2.75) is 20.5 Å². The van der Waals surface area contributed by atoms with E-state index in [1.807, 2.05) is 0 Å². The molecule has 1 N–H and O–H groups in total. The Hall–Kier alpha value is -2.96.